The number of aliphatic hydroxyl groups excluding tert-OH is 1. The van der Waals surface area contributed by atoms with E-state index in [1.807, 2.05) is 13.2 Å². The molecule has 1 aliphatic rings. The van der Waals surface area contributed by atoms with Gasteiger partial charge in [0.15, 0.2) is 5.82 Å². The summed E-state index contributed by atoms with van der Waals surface area (Å²) in [5.41, 5.74) is 3.88. The summed E-state index contributed by atoms with van der Waals surface area (Å²) in [6.07, 6.45) is 5.26. The van der Waals surface area contributed by atoms with Crippen molar-refractivity contribution in [2.75, 3.05) is 31.1 Å². The molecule has 4 heterocycles. The van der Waals surface area contributed by atoms with E-state index in [1.165, 1.54) is 12.1 Å². The molecule has 1 aliphatic heterocycles. The molecule has 0 atom stereocenters. The van der Waals surface area contributed by atoms with E-state index >= 15 is 0 Å². The average Bonchev–Trinajstić information content (AvgIpc) is 3.26. The lowest BCUT2D eigenvalue weighted by molar-refractivity contribution is 0.246. The Hall–Kier alpha value is -3.50. The van der Waals surface area contributed by atoms with Crippen LogP contribution < -0.4 is 4.90 Å². The molecule has 3 aromatic heterocycles. The molecule has 0 bridgehead atoms. The number of aromatic nitrogens is 5. The summed E-state index contributed by atoms with van der Waals surface area (Å²) < 4.78 is 29.0. The predicted molar refractivity (Wildman–Crippen MR) is 119 cm³/mol. The highest BCUT2D eigenvalue weighted by Crippen LogP contribution is 2.30. The van der Waals surface area contributed by atoms with E-state index in [0.29, 0.717) is 60.7 Å². The normalized spacial score (nSPS) is 14.8. The van der Waals surface area contributed by atoms with E-state index in [9.17, 15) is 13.9 Å². The highest BCUT2D eigenvalue weighted by molar-refractivity contribution is 5.83. The van der Waals surface area contributed by atoms with Gasteiger partial charge in [-0.25, -0.2) is 18.7 Å². The highest BCUT2D eigenvalue weighted by atomic mass is 19.1. The number of anilines is 1. The second-order valence-electron chi connectivity index (χ2n) is 8.12. The second kappa shape index (κ2) is 8.80. The number of fused-ring (bicyclic) bond motifs is 1. The third-order valence-electron chi connectivity index (χ3n) is 5.81. The maximum absolute atomic E-state index is 14.1. The molecule has 10 heteroatoms. The van der Waals surface area contributed by atoms with Crippen LogP contribution in [-0.4, -0.2) is 60.9 Å². The number of aliphatic hydroxyl groups is 1. The van der Waals surface area contributed by atoms with Gasteiger partial charge in [0.2, 0.25) is 0 Å². The maximum Gasteiger partial charge on any atom is 0.156 e. The van der Waals surface area contributed by atoms with Crippen LogP contribution in [0.2, 0.25) is 0 Å². The number of halogens is 2. The molecule has 1 fully saturated rings. The average molecular weight is 451 g/mol. The summed E-state index contributed by atoms with van der Waals surface area (Å²) in [6.45, 7) is 2.99. The van der Waals surface area contributed by atoms with Gasteiger partial charge in [-0.05, 0) is 12.1 Å². The number of hydrogen-bond donors (Lipinski definition) is 1. The van der Waals surface area contributed by atoms with E-state index in [-0.39, 0.29) is 6.61 Å². The minimum atomic E-state index is -0.571. The molecule has 8 nitrogen and oxygen atoms in total. The van der Waals surface area contributed by atoms with Gasteiger partial charge in [-0.3, -0.25) is 14.6 Å². The Morgan fingerprint density at radius 3 is 2.52 bits per heavy atom. The zero-order valence-electron chi connectivity index (χ0n) is 18.1. The van der Waals surface area contributed by atoms with Crippen LogP contribution in [0.15, 0.2) is 42.9 Å². The molecule has 170 valence electrons. The number of piperazine rings is 1. The minimum Gasteiger partial charge on any atom is -0.390 e. The third-order valence-corrected chi connectivity index (χ3v) is 5.81. The molecule has 1 aromatic carbocycles. The van der Waals surface area contributed by atoms with E-state index in [1.54, 1.807) is 23.1 Å². The molecular formula is C23H23F2N7O. The Labute approximate surface area is 189 Å². The first kappa shape index (κ1) is 21.4. The van der Waals surface area contributed by atoms with Crippen LogP contribution in [0, 0.1) is 11.6 Å². The van der Waals surface area contributed by atoms with Crippen LogP contribution >= 0.6 is 0 Å². The Kier molecular flexibility index (Phi) is 5.69. The third kappa shape index (κ3) is 4.39. The molecule has 0 amide bonds. The smallest absolute Gasteiger partial charge is 0.156 e. The van der Waals surface area contributed by atoms with Gasteiger partial charge in [-0.2, -0.15) is 5.10 Å². The number of rotatable bonds is 5. The summed E-state index contributed by atoms with van der Waals surface area (Å²) in [4.78, 5) is 18.2. The zero-order chi connectivity index (χ0) is 22.9. The number of nitrogens with zero attached hydrogens (tertiary/aromatic N) is 7. The van der Waals surface area contributed by atoms with Gasteiger partial charge >= 0.3 is 0 Å². The lowest BCUT2D eigenvalue weighted by Gasteiger charge is -2.36. The van der Waals surface area contributed by atoms with Crippen molar-refractivity contribution in [3.8, 4) is 11.3 Å². The van der Waals surface area contributed by atoms with E-state index in [2.05, 4.69) is 19.9 Å². The molecule has 4 aromatic rings. The molecule has 33 heavy (non-hydrogen) atoms. The number of pyridine rings is 1. The molecule has 0 spiro atoms. The molecule has 5 rings (SSSR count). The van der Waals surface area contributed by atoms with Crippen molar-refractivity contribution in [1.29, 1.82) is 0 Å². The monoisotopic (exact) mass is 451 g/mol. The SMILES string of the molecule is Cn1cc(-c2nc3cnc(CO)cc3nc2N2CCN(Cc3ccc(F)cc3F)CC2)cn1. The van der Waals surface area contributed by atoms with E-state index in [4.69, 9.17) is 9.97 Å². The molecule has 0 unspecified atom stereocenters. The van der Waals surface area contributed by atoms with Crippen LogP contribution in [0.4, 0.5) is 14.6 Å². The molecule has 1 N–H and O–H groups in total. The van der Waals surface area contributed by atoms with Gasteiger partial charge in [0, 0.05) is 63.2 Å². The summed E-state index contributed by atoms with van der Waals surface area (Å²) in [5, 5.41) is 13.7. The standard InChI is InChI=1S/C23H23F2N7O/c1-30-12-16(10-27-30)22-23(29-20-9-18(14-33)26-11-21(20)28-22)32-6-4-31(5-7-32)13-15-2-3-17(24)8-19(15)25/h2-3,8-12,33H,4-7,13-14H2,1H3. The second-order valence-corrected chi connectivity index (χ2v) is 8.12. The largest absolute Gasteiger partial charge is 0.390 e. The summed E-state index contributed by atoms with van der Waals surface area (Å²) in [5.74, 6) is -0.360. The lowest BCUT2D eigenvalue weighted by Crippen LogP contribution is -2.46. The fourth-order valence-corrected chi connectivity index (χ4v) is 4.05. The van der Waals surface area contributed by atoms with Crippen LogP contribution in [0.5, 0.6) is 0 Å². The Morgan fingerprint density at radius 1 is 1.00 bits per heavy atom. The van der Waals surface area contributed by atoms with Crippen molar-refractivity contribution in [3.63, 3.8) is 0 Å². The topological polar surface area (TPSA) is 83.2 Å². The first-order valence-electron chi connectivity index (χ1n) is 10.7. The lowest BCUT2D eigenvalue weighted by atomic mass is 10.1. The zero-order valence-corrected chi connectivity index (χ0v) is 18.1. The number of benzene rings is 1. The van der Waals surface area contributed by atoms with Gasteiger partial charge in [0.25, 0.3) is 0 Å². The van der Waals surface area contributed by atoms with E-state index < -0.39 is 11.6 Å². The van der Waals surface area contributed by atoms with Crippen molar-refractivity contribution in [3.05, 3.63) is 65.7 Å². The first-order valence-corrected chi connectivity index (χ1v) is 10.7. The number of hydrogen-bond acceptors (Lipinski definition) is 7. The van der Waals surface area contributed by atoms with Crippen molar-refractivity contribution in [2.45, 2.75) is 13.2 Å². The highest BCUT2D eigenvalue weighted by Gasteiger charge is 2.24. The maximum atomic E-state index is 14.1. The first-order chi connectivity index (χ1) is 16.0. The fourth-order valence-electron chi connectivity index (χ4n) is 4.05. The minimum absolute atomic E-state index is 0.171. The summed E-state index contributed by atoms with van der Waals surface area (Å²) in [6, 6.07) is 5.45. The van der Waals surface area contributed by atoms with Crippen LogP contribution in [0.1, 0.15) is 11.3 Å². The van der Waals surface area contributed by atoms with Crippen molar-refractivity contribution >= 4 is 16.9 Å². The fraction of sp³-hybridized carbons (Fsp3) is 0.304. The van der Waals surface area contributed by atoms with E-state index in [0.717, 1.165) is 17.4 Å². The Balaban J connectivity index is 1.42. The molecule has 0 aliphatic carbocycles. The summed E-state index contributed by atoms with van der Waals surface area (Å²) >= 11 is 0. The molecule has 1 saturated heterocycles. The van der Waals surface area contributed by atoms with Gasteiger partial charge < -0.3 is 10.0 Å². The van der Waals surface area contributed by atoms with Gasteiger partial charge in [-0.1, -0.05) is 6.07 Å². The van der Waals surface area contributed by atoms with Crippen molar-refractivity contribution < 1.29 is 13.9 Å². The van der Waals surface area contributed by atoms with Gasteiger partial charge in [0.05, 0.1) is 30.2 Å². The molecular weight excluding hydrogens is 428 g/mol. The van der Waals surface area contributed by atoms with Gasteiger partial charge in [0.1, 0.15) is 22.8 Å². The van der Waals surface area contributed by atoms with Crippen LogP contribution in [-0.2, 0) is 20.2 Å². The molecule has 0 radical (unpaired) electrons. The number of aryl methyl sites for hydroxylation is 1. The van der Waals surface area contributed by atoms with Crippen LogP contribution in [0.3, 0.4) is 0 Å². The predicted octanol–water partition coefficient (Wildman–Crippen LogP) is 2.52. The van der Waals surface area contributed by atoms with Gasteiger partial charge in [-0.15, -0.1) is 0 Å². The van der Waals surface area contributed by atoms with Crippen molar-refractivity contribution in [2.24, 2.45) is 7.05 Å². The Bertz CT molecular complexity index is 1300. The van der Waals surface area contributed by atoms with Crippen molar-refractivity contribution in [1.82, 2.24) is 29.6 Å². The quantitative estimate of drug-likeness (QED) is 0.499. The summed E-state index contributed by atoms with van der Waals surface area (Å²) in [7, 11) is 1.85. The Morgan fingerprint density at radius 2 is 1.82 bits per heavy atom. The molecule has 0 saturated carbocycles. The van der Waals surface area contributed by atoms with Crippen LogP contribution in [0.25, 0.3) is 22.3 Å².